The summed E-state index contributed by atoms with van der Waals surface area (Å²) in [7, 11) is 1.69. The van der Waals surface area contributed by atoms with Crippen LogP contribution in [0.2, 0.25) is 0 Å². The van der Waals surface area contributed by atoms with Gasteiger partial charge in [-0.25, -0.2) is 0 Å². The van der Waals surface area contributed by atoms with Crippen molar-refractivity contribution in [3.05, 3.63) is 60.2 Å². The van der Waals surface area contributed by atoms with E-state index < -0.39 is 0 Å². The van der Waals surface area contributed by atoms with Crippen LogP contribution < -0.4 is 19.3 Å². The Morgan fingerprint density at radius 1 is 0.889 bits per heavy atom. The van der Waals surface area contributed by atoms with Gasteiger partial charge in [0, 0.05) is 31.9 Å². The number of nitrogens with zero attached hydrogens (tertiary/aromatic N) is 4. The van der Waals surface area contributed by atoms with Crippen molar-refractivity contribution >= 4 is 23.2 Å². The molecular weight excluding hydrogens is 360 g/mol. The molecule has 1 saturated heterocycles. The lowest BCUT2D eigenvalue weighted by molar-refractivity contribution is 0.296. The van der Waals surface area contributed by atoms with Gasteiger partial charge in [-0.1, -0.05) is 30.3 Å². The first-order valence-corrected chi connectivity index (χ1v) is 9.70. The second kappa shape index (κ2) is 8.26. The highest BCUT2D eigenvalue weighted by molar-refractivity contribution is 6.99. The first-order valence-electron chi connectivity index (χ1n) is 8.97. The van der Waals surface area contributed by atoms with E-state index in [0.29, 0.717) is 12.5 Å². The number of aromatic nitrogens is 2. The maximum absolute atomic E-state index is 5.92. The molecule has 2 aromatic carbocycles. The number of hydrogen-bond donors (Lipinski definition) is 0. The van der Waals surface area contributed by atoms with Crippen molar-refractivity contribution < 1.29 is 9.47 Å². The molecule has 6 nitrogen and oxygen atoms in total. The van der Waals surface area contributed by atoms with E-state index in [2.05, 4.69) is 30.7 Å². The predicted octanol–water partition coefficient (Wildman–Crippen LogP) is 3.45. The van der Waals surface area contributed by atoms with E-state index in [1.54, 1.807) is 7.11 Å². The van der Waals surface area contributed by atoms with Crippen molar-refractivity contribution in [1.82, 2.24) is 8.75 Å². The Bertz CT molecular complexity index is 846. The summed E-state index contributed by atoms with van der Waals surface area (Å²) < 4.78 is 20.0. The normalized spacial score (nSPS) is 14.3. The topological polar surface area (TPSA) is 50.7 Å². The standard InChI is InChI=1S/C20H22N4O2S/c1-25-18-9-7-17(8-10-18)23-11-13-24(14-12-23)19-20(22-27-21-19)26-15-16-5-3-2-4-6-16/h2-10H,11-15H2,1H3. The molecule has 0 radical (unpaired) electrons. The quantitative estimate of drug-likeness (QED) is 0.651. The van der Waals surface area contributed by atoms with Crippen LogP contribution in [0.4, 0.5) is 11.5 Å². The van der Waals surface area contributed by atoms with Gasteiger partial charge in [-0.15, -0.1) is 4.37 Å². The van der Waals surface area contributed by atoms with Crippen LogP contribution >= 0.6 is 11.7 Å². The molecule has 1 aromatic heterocycles. The molecule has 0 saturated carbocycles. The first kappa shape index (κ1) is 17.6. The third-order valence-electron chi connectivity index (χ3n) is 4.68. The maximum atomic E-state index is 5.92. The van der Waals surface area contributed by atoms with Gasteiger partial charge in [0.2, 0.25) is 5.82 Å². The molecule has 0 aliphatic carbocycles. The van der Waals surface area contributed by atoms with E-state index >= 15 is 0 Å². The van der Waals surface area contributed by atoms with Crippen LogP contribution in [0.1, 0.15) is 5.56 Å². The number of ether oxygens (including phenoxy) is 2. The average Bonchev–Trinajstić information content (AvgIpc) is 3.22. The van der Waals surface area contributed by atoms with Gasteiger partial charge in [0.05, 0.1) is 18.8 Å². The van der Waals surface area contributed by atoms with Crippen LogP contribution in [-0.4, -0.2) is 42.0 Å². The molecule has 0 amide bonds. The highest BCUT2D eigenvalue weighted by atomic mass is 32.1. The molecule has 1 aliphatic rings. The van der Waals surface area contributed by atoms with Crippen LogP contribution in [-0.2, 0) is 6.61 Å². The second-order valence-electron chi connectivity index (χ2n) is 6.34. The Labute approximate surface area is 163 Å². The molecule has 1 aliphatic heterocycles. The monoisotopic (exact) mass is 382 g/mol. The third kappa shape index (κ3) is 4.14. The summed E-state index contributed by atoms with van der Waals surface area (Å²) >= 11 is 1.20. The molecule has 27 heavy (non-hydrogen) atoms. The lowest BCUT2D eigenvalue weighted by Crippen LogP contribution is -2.46. The van der Waals surface area contributed by atoms with Gasteiger partial charge in [-0.05, 0) is 29.8 Å². The molecule has 0 spiro atoms. The molecule has 3 aromatic rings. The average molecular weight is 382 g/mol. The summed E-state index contributed by atoms with van der Waals surface area (Å²) in [6, 6.07) is 18.3. The van der Waals surface area contributed by atoms with Crippen LogP contribution in [0.15, 0.2) is 54.6 Å². The van der Waals surface area contributed by atoms with E-state index in [4.69, 9.17) is 9.47 Å². The van der Waals surface area contributed by atoms with Gasteiger partial charge >= 0.3 is 0 Å². The van der Waals surface area contributed by atoms with Crippen molar-refractivity contribution in [3.63, 3.8) is 0 Å². The fourth-order valence-corrected chi connectivity index (χ4v) is 3.68. The Morgan fingerprint density at radius 3 is 2.30 bits per heavy atom. The van der Waals surface area contributed by atoms with Gasteiger partial charge in [0.15, 0.2) is 0 Å². The number of hydrogen-bond acceptors (Lipinski definition) is 7. The summed E-state index contributed by atoms with van der Waals surface area (Å²) in [5, 5.41) is 0. The molecule has 0 unspecified atom stereocenters. The minimum Gasteiger partial charge on any atom is -0.497 e. The summed E-state index contributed by atoms with van der Waals surface area (Å²) in [4.78, 5) is 4.63. The minimum absolute atomic E-state index is 0.505. The molecule has 0 atom stereocenters. The van der Waals surface area contributed by atoms with Gasteiger partial charge < -0.3 is 19.3 Å². The van der Waals surface area contributed by atoms with Crippen molar-refractivity contribution in [2.45, 2.75) is 6.61 Å². The summed E-state index contributed by atoms with van der Waals surface area (Å²) in [6.07, 6.45) is 0. The highest BCUT2D eigenvalue weighted by Gasteiger charge is 2.23. The van der Waals surface area contributed by atoms with E-state index in [9.17, 15) is 0 Å². The smallest absolute Gasteiger partial charge is 0.271 e. The van der Waals surface area contributed by atoms with Gasteiger partial charge in [0.1, 0.15) is 12.4 Å². The summed E-state index contributed by atoms with van der Waals surface area (Å²) in [5.74, 6) is 2.36. The van der Waals surface area contributed by atoms with Crippen LogP contribution in [0, 0.1) is 0 Å². The predicted molar refractivity (Wildman–Crippen MR) is 108 cm³/mol. The molecule has 1 fully saturated rings. The molecule has 0 N–H and O–H groups in total. The zero-order chi connectivity index (χ0) is 18.5. The van der Waals surface area contributed by atoms with Crippen LogP contribution in [0.25, 0.3) is 0 Å². The van der Waals surface area contributed by atoms with Crippen LogP contribution in [0.3, 0.4) is 0 Å². The Morgan fingerprint density at radius 2 is 1.59 bits per heavy atom. The minimum atomic E-state index is 0.505. The van der Waals surface area contributed by atoms with Crippen molar-refractivity contribution in [3.8, 4) is 11.6 Å². The van der Waals surface area contributed by atoms with Crippen molar-refractivity contribution in [1.29, 1.82) is 0 Å². The van der Waals surface area contributed by atoms with Gasteiger partial charge in [0.25, 0.3) is 5.88 Å². The highest BCUT2D eigenvalue weighted by Crippen LogP contribution is 2.28. The van der Waals surface area contributed by atoms with E-state index in [1.807, 2.05) is 42.5 Å². The van der Waals surface area contributed by atoms with E-state index in [0.717, 1.165) is 43.3 Å². The molecule has 140 valence electrons. The molecule has 0 bridgehead atoms. The van der Waals surface area contributed by atoms with Gasteiger partial charge in [-0.2, -0.15) is 4.37 Å². The SMILES string of the molecule is COc1ccc(N2CCN(c3nsnc3OCc3ccccc3)CC2)cc1. The van der Waals surface area contributed by atoms with Crippen molar-refractivity contribution in [2.75, 3.05) is 43.1 Å². The fourth-order valence-electron chi connectivity index (χ4n) is 3.16. The lowest BCUT2D eigenvalue weighted by atomic mass is 10.2. The maximum Gasteiger partial charge on any atom is 0.271 e. The number of benzene rings is 2. The number of methoxy groups -OCH3 is 1. The zero-order valence-corrected chi connectivity index (χ0v) is 16.1. The molecular formula is C20H22N4O2S. The summed E-state index contributed by atoms with van der Waals surface area (Å²) in [5.41, 5.74) is 2.34. The molecule has 7 heteroatoms. The fraction of sp³-hybridized carbons (Fsp3) is 0.300. The number of piperazine rings is 1. The van der Waals surface area contributed by atoms with E-state index in [-0.39, 0.29) is 0 Å². The van der Waals surface area contributed by atoms with Crippen LogP contribution in [0.5, 0.6) is 11.6 Å². The Balaban J connectivity index is 1.36. The number of anilines is 2. The van der Waals surface area contributed by atoms with Crippen molar-refractivity contribution in [2.24, 2.45) is 0 Å². The third-order valence-corrected chi connectivity index (χ3v) is 5.18. The van der Waals surface area contributed by atoms with E-state index in [1.165, 1.54) is 17.4 Å². The lowest BCUT2D eigenvalue weighted by Gasteiger charge is -2.36. The second-order valence-corrected chi connectivity index (χ2v) is 6.87. The Kier molecular flexibility index (Phi) is 5.39. The summed E-state index contributed by atoms with van der Waals surface area (Å²) in [6.45, 7) is 4.15. The molecule has 4 rings (SSSR count). The Hall–Kier alpha value is -2.80. The molecule has 2 heterocycles. The largest absolute Gasteiger partial charge is 0.497 e. The zero-order valence-electron chi connectivity index (χ0n) is 15.2. The number of rotatable bonds is 6. The first-order chi connectivity index (χ1) is 13.3. The van der Waals surface area contributed by atoms with Gasteiger partial charge in [-0.3, -0.25) is 0 Å².